The summed E-state index contributed by atoms with van der Waals surface area (Å²) in [7, 11) is 0. The third-order valence-corrected chi connectivity index (χ3v) is 3.86. The number of carbonyl (C=O) groups is 1. The van der Waals surface area contributed by atoms with E-state index in [4.69, 9.17) is 4.74 Å². The van der Waals surface area contributed by atoms with Crippen LogP contribution in [-0.4, -0.2) is 18.1 Å². The molecule has 2 aromatic carbocycles. The van der Waals surface area contributed by atoms with Gasteiger partial charge in [0.15, 0.2) is 0 Å². The zero-order valence-corrected chi connectivity index (χ0v) is 12.8. The molecule has 0 aliphatic carbocycles. The van der Waals surface area contributed by atoms with E-state index in [1.54, 1.807) is 0 Å². The second-order valence-electron chi connectivity index (χ2n) is 5.87. The van der Waals surface area contributed by atoms with Gasteiger partial charge in [-0.2, -0.15) is 0 Å². The van der Waals surface area contributed by atoms with Crippen LogP contribution in [0, 0.1) is 0 Å². The molecule has 1 aliphatic rings. The van der Waals surface area contributed by atoms with Crippen molar-refractivity contribution >= 4 is 12.0 Å². The van der Waals surface area contributed by atoms with Crippen LogP contribution < -0.4 is 10.1 Å². The summed E-state index contributed by atoms with van der Waals surface area (Å²) >= 11 is 0. The Labute approximate surface area is 130 Å². The first kappa shape index (κ1) is 14.4. The molecule has 0 saturated carbocycles. The minimum atomic E-state index is -0.432. The van der Waals surface area contributed by atoms with Crippen LogP contribution in [0.2, 0.25) is 0 Å². The minimum Gasteiger partial charge on any atom is -0.483 e. The van der Waals surface area contributed by atoms with Crippen LogP contribution in [0.15, 0.2) is 60.2 Å². The molecule has 2 aromatic rings. The van der Waals surface area contributed by atoms with Crippen molar-refractivity contribution in [3.8, 4) is 5.75 Å². The third-order valence-electron chi connectivity index (χ3n) is 3.86. The maximum Gasteiger partial charge on any atom is 0.251 e. The first-order valence-electron chi connectivity index (χ1n) is 7.38. The van der Waals surface area contributed by atoms with E-state index in [2.05, 4.69) is 11.4 Å². The predicted octanol–water partition coefficient (Wildman–Crippen LogP) is 3.67. The van der Waals surface area contributed by atoms with Gasteiger partial charge in [0.25, 0.3) is 5.91 Å². The van der Waals surface area contributed by atoms with Crippen LogP contribution in [0.25, 0.3) is 6.08 Å². The summed E-state index contributed by atoms with van der Waals surface area (Å²) in [6.45, 7) is 4.50. The van der Waals surface area contributed by atoms with Gasteiger partial charge in [-0.3, -0.25) is 4.79 Å². The average Bonchev–Trinajstić information content (AvgIpc) is 2.52. The lowest BCUT2D eigenvalue weighted by Crippen LogP contribution is -2.39. The summed E-state index contributed by atoms with van der Waals surface area (Å²) in [5, 5.41) is 2.97. The normalized spacial score (nSPS) is 15.3. The van der Waals surface area contributed by atoms with Gasteiger partial charge in [-0.1, -0.05) is 36.4 Å². The van der Waals surface area contributed by atoms with E-state index in [0.29, 0.717) is 12.1 Å². The number of nitrogens with one attached hydrogen (secondary N) is 1. The van der Waals surface area contributed by atoms with Crippen molar-refractivity contribution in [2.24, 2.45) is 0 Å². The lowest BCUT2D eigenvalue weighted by Gasteiger charge is -2.34. The van der Waals surface area contributed by atoms with Gasteiger partial charge in [0.05, 0.1) is 0 Å². The standard InChI is InChI=1S/C19H19NO2/c1-19(2)16(12-15-10-6-7-11-17(15)22-19)13-20-18(21)14-8-4-3-5-9-14/h3-12H,13H2,1-2H3,(H,20,21). The molecule has 1 aliphatic heterocycles. The molecule has 112 valence electrons. The summed E-state index contributed by atoms with van der Waals surface area (Å²) < 4.78 is 6.05. The van der Waals surface area contributed by atoms with E-state index in [9.17, 15) is 4.79 Å². The van der Waals surface area contributed by atoms with Gasteiger partial charge < -0.3 is 10.1 Å². The highest BCUT2D eigenvalue weighted by molar-refractivity contribution is 5.94. The van der Waals surface area contributed by atoms with E-state index in [1.807, 2.05) is 68.4 Å². The molecular weight excluding hydrogens is 274 g/mol. The van der Waals surface area contributed by atoms with E-state index in [0.717, 1.165) is 16.9 Å². The number of rotatable bonds is 3. The van der Waals surface area contributed by atoms with Gasteiger partial charge in [-0.05, 0) is 43.7 Å². The molecule has 3 heteroatoms. The monoisotopic (exact) mass is 293 g/mol. The van der Waals surface area contributed by atoms with Crippen molar-refractivity contribution in [2.45, 2.75) is 19.4 Å². The summed E-state index contributed by atoms with van der Waals surface area (Å²) in [5.74, 6) is 0.807. The van der Waals surface area contributed by atoms with Crippen molar-refractivity contribution in [3.63, 3.8) is 0 Å². The van der Waals surface area contributed by atoms with E-state index < -0.39 is 5.60 Å². The van der Waals surface area contributed by atoms with Crippen molar-refractivity contribution in [1.29, 1.82) is 0 Å². The summed E-state index contributed by atoms with van der Waals surface area (Å²) in [6.07, 6.45) is 2.10. The Kier molecular flexibility index (Phi) is 3.72. The summed E-state index contributed by atoms with van der Waals surface area (Å²) in [4.78, 5) is 12.2. The number of amides is 1. The Hall–Kier alpha value is -2.55. The number of ether oxygens (including phenoxy) is 1. The Bertz CT molecular complexity index is 717. The predicted molar refractivity (Wildman–Crippen MR) is 87.9 cm³/mol. The van der Waals surface area contributed by atoms with Crippen LogP contribution in [0.3, 0.4) is 0 Å². The molecule has 0 atom stereocenters. The first-order valence-corrected chi connectivity index (χ1v) is 7.38. The Morgan fingerprint density at radius 1 is 1.05 bits per heavy atom. The molecule has 0 bridgehead atoms. The maximum atomic E-state index is 12.2. The number of fused-ring (bicyclic) bond motifs is 1. The van der Waals surface area contributed by atoms with Gasteiger partial charge in [0, 0.05) is 17.7 Å². The topological polar surface area (TPSA) is 38.3 Å². The molecule has 0 spiro atoms. The van der Waals surface area contributed by atoms with Crippen LogP contribution in [-0.2, 0) is 0 Å². The quantitative estimate of drug-likeness (QED) is 0.937. The third kappa shape index (κ3) is 2.89. The van der Waals surface area contributed by atoms with Crippen LogP contribution >= 0.6 is 0 Å². The molecule has 0 unspecified atom stereocenters. The second-order valence-corrected chi connectivity index (χ2v) is 5.87. The van der Waals surface area contributed by atoms with E-state index >= 15 is 0 Å². The molecule has 0 radical (unpaired) electrons. The van der Waals surface area contributed by atoms with Gasteiger partial charge in [0.2, 0.25) is 0 Å². The van der Waals surface area contributed by atoms with Gasteiger partial charge >= 0.3 is 0 Å². The number of benzene rings is 2. The van der Waals surface area contributed by atoms with Gasteiger partial charge in [-0.15, -0.1) is 0 Å². The Morgan fingerprint density at radius 3 is 2.50 bits per heavy atom. The van der Waals surface area contributed by atoms with Crippen molar-refractivity contribution in [3.05, 3.63) is 71.3 Å². The van der Waals surface area contributed by atoms with Crippen molar-refractivity contribution in [1.82, 2.24) is 5.32 Å². The van der Waals surface area contributed by atoms with E-state index in [-0.39, 0.29) is 5.91 Å². The second kappa shape index (κ2) is 5.68. The molecule has 0 saturated heterocycles. The highest BCUT2D eigenvalue weighted by atomic mass is 16.5. The molecule has 0 fully saturated rings. The maximum absolute atomic E-state index is 12.2. The van der Waals surface area contributed by atoms with Gasteiger partial charge in [-0.25, -0.2) is 0 Å². The summed E-state index contributed by atoms with van der Waals surface area (Å²) in [5.41, 5.74) is 2.33. The largest absolute Gasteiger partial charge is 0.483 e. The SMILES string of the molecule is CC1(C)Oc2ccccc2C=C1CNC(=O)c1ccccc1. The Morgan fingerprint density at radius 2 is 1.73 bits per heavy atom. The van der Waals surface area contributed by atoms with Crippen LogP contribution in [0.5, 0.6) is 5.75 Å². The van der Waals surface area contributed by atoms with E-state index in [1.165, 1.54) is 0 Å². The fraction of sp³-hybridized carbons (Fsp3) is 0.211. The molecular formula is C19H19NO2. The number of para-hydroxylation sites is 1. The van der Waals surface area contributed by atoms with Crippen LogP contribution in [0.4, 0.5) is 0 Å². The number of carbonyl (C=O) groups excluding carboxylic acids is 1. The molecule has 3 rings (SSSR count). The zero-order valence-electron chi connectivity index (χ0n) is 12.8. The van der Waals surface area contributed by atoms with Crippen molar-refractivity contribution in [2.75, 3.05) is 6.54 Å². The van der Waals surface area contributed by atoms with Crippen LogP contribution in [0.1, 0.15) is 29.8 Å². The molecule has 3 nitrogen and oxygen atoms in total. The first-order chi connectivity index (χ1) is 10.6. The highest BCUT2D eigenvalue weighted by Gasteiger charge is 2.30. The smallest absolute Gasteiger partial charge is 0.251 e. The summed E-state index contributed by atoms with van der Waals surface area (Å²) in [6, 6.07) is 17.2. The lowest BCUT2D eigenvalue weighted by molar-refractivity contribution is 0.0948. The minimum absolute atomic E-state index is 0.0730. The average molecular weight is 293 g/mol. The molecule has 0 aromatic heterocycles. The number of hydrogen-bond acceptors (Lipinski definition) is 2. The molecule has 1 N–H and O–H groups in total. The zero-order chi connectivity index (χ0) is 15.6. The lowest BCUT2D eigenvalue weighted by atomic mass is 9.92. The molecule has 22 heavy (non-hydrogen) atoms. The molecule has 1 amide bonds. The fourth-order valence-electron chi connectivity index (χ4n) is 2.53. The molecule has 1 heterocycles. The van der Waals surface area contributed by atoms with Gasteiger partial charge in [0.1, 0.15) is 11.4 Å². The fourth-order valence-corrected chi connectivity index (χ4v) is 2.53. The van der Waals surface area contributed by atoms with Crippen molar-refractivity contribution < 1.29 is 9.53 Å². The highest BCUT2D eigenvalue weighted by Crippen LogP contribution is 2.34. The Balaban J connectivity index is 1.77. The number of hydrogen-bond donors (Lipinski definition) is 1.